The first-order valence-electron chi connectivity index (χ1n) is 16.4. The van der Waals surface area contributed by atoms with Crippen molar-refractivity contribution in [3.63, 3.8) is 0 Å². The normalized spacial score (nSPS) is 18.1. The van der Waals surface area contributed by atoms with Crippen molar-refractivity contribution in [2.45, 2.75) is 83.8 Å². The van der Waals surface area contributed by atoms with Crippen LogP contribution in [-0.2, 0) is 28.9 Å². The molecule has 47 heavy (non-hydrogen) atoms. The lowest BCUT2D eigenvalue weighted by Crippen LogP contribution is -2.34. The number of aryl methyl sites for hydroxylation is 2. The molecule has 1 aliphatic carbocycles. The van der Waals surface area contributed by atoms with Gasteiger partial charge in [0.1, 0.15) is 18.7 Å². The van der Waals surface area contributed by atoms with Crippen LogP contribution in [0.1, 0.15) is 81.1 Å². The van der Waals surface area contributed by atoms with E-state index in [1.807, 2.05) is 86.6 Å². The molecule has 5 rings (SSSR count). The summed E-state index contributed by atoms with van der Waals surface area (Å²) in [6.07, 6.45) is 6.39. The molecule has 0 spiro atoms. The third-order valence-electron chi connectivity index (χ3n) is 8.75. The third kappa shape index (κ3) is 7.97. The summed E-state index contributed by atoms with van der Waals surface area (Å²) >= 11 is 0. The summed E-state index contributed by atoms with van der Waals surface area (Å²) < 4.78 is 7.95. The van der Waals surface area contributed by atoms with Crippen LogP contribution in [0.3, 0.4) is 0 Å². The van der Waals surface area contributed by atoms with E-state index in [1.165, 1.54) is 7.11 Å². The van der Waals surface area contributed by atoms with Crippen LogP contribution in [0.15, 0.2) is 82.7 Å². The number of amidine groups is 1. The molecule has 0 unspecified atom stereocenters. The van der Waals surface area contributed by atoms with Gasteiger partial charge >= 0.3 is 0 Å². The summed E-state index contributed by atoms with van der Waals surface area (Å²) in [7, 11) is 1.43. The molecule has 1 fully saturated rings. The molecule has 0 atom stereocenters. The number of oxime groups is 1. The molecule has 9 nitrogen and oxygen atoms in total. The first-order chi connectivity index (χ1) is 22.8. The van der Waals surface area contributed by atoms with Crippen molar-refractivity contribution in [2.75, 3.05) is 7.11 Å². The van der Waals surface area contributed by atoms with E-state index in [0.29, 0.717) is 30.7 Å². The van der Waals surface area contributed by atoms with E-state index in [4.69, 9.17) is 14.6 Å². The fourth-order valence-corrected chi connectivity index (χ4v) is 6.22. The highest BCUT2D eigenvalue weighted by Gasteiger charge is 2.29. The van der Waals surface area contributed by atoms with Crippen LogP contribution in [0.4, 0.5) is 0 Å². The molecule has 1 heterocycles. The SMILES string of the molecule is CCCc1nc(CC)n(-c2ccc(OC3CCC(C)(O)CC3)cc2)c(=O)c1Cc1ccc(-c2ccccc2/C(=N/OC)NC=O)cc1. The fraction of sp³-hybridized carbons (Fsp3) is 0.368. The predicted octanol–water partition coefficient (Wildman–Crippen LogP) is 6.13. The second-order valence-corrected chi connectivity index (χ2v) is 12.3. The van der Waals surface area contributed by atoms with Gasteiger partial charge in [-0.2, -0.15) is 0 Å². The highest BCUT2D eigenvalue weighted by molar-refractivity contribution is 6.08. The smallest absolute Gasteiger partial charge is 0.261 e. The Morgan fingerprint density at radius 2 is 1.77 bits per heavy atom. The minimum atomic E-state index is -0.609. The molecule has 0 radical (unpaired) electrons. The number of ether oxygens (including phenoxy) is 1. The summed E-state index contributed by atoms with van der Waals surface area (Å²) in [5.74, 6) is 1.80. The number of rotatable bonds is 12. The maximum Gasteiger partial charge on any atom is 0.261 e. The number of hydrogen-bond donors (Lipinski definition) is 2. The number of carbonyl (C=O) groups is 1. The zero-order valence-corrected chi connectivity index (χ0v) is 27.7. The fourth-order valence-electron chi connectivity index (χ4n) is 6.22. The van der Waals surface area contributed by atoms with E-state index in [1.54, 1.807) is 4.57 Å². The number of nitrogens with one attached hydrogen (secondary N) is 1. The Morgan fingerprint density at radius 3 is 2.40 bits per heavy atom. The van der Waals surface area contributed by atoms with Gasteiger partial charge in [0.2, 0.25) is 6.41 Å². The van der Waals surface area contributed by atoms with Crippen LogP contribution < -0.4 is 15.6 Å². The van der Waals surface area contributed by atoms with Crippen LogP contribution >= 0.6 is 0 Å². The van der Waals surface area contributed by atoms with Gasteiger partial charge in [-0.1, -0.05) is 74.0 Å². The van der Waals surface area contributed by atoms with Gasteiger partial charge in [0.15, 0.2) is 5.84 Å². The van der Waals surface area contributed by atoms with E-state index >= 15 is 0 Å². The number of aromatic nitrogens is 2. The number of hydrogen-bond acceptors (Lipinski definition) is 7. The maximum absolute atomic E-state index is 14.3. The van der Waals surface area contributed by atoms with Crippen LogP contribution in [-0.4, -0.2) is 45.7 Å². The summed E-state index contributed by atoms with van der Waals surface area (Å²) in [4.78, 5) is 35.4. The molecule has 0 aliphatic heterocycles. The molecule has 1 amide bonds. The molecule has 3 aromatic carbocycles. The first-order valence-corrected chi connectivity index (χ1v) is 16.4. The third-order valence-corrected chi connectivity index (χ3v) is 8.75. The van der Waals surface area contributed by atoms with Crippen molar-refractivity contribution in [1.82, 2.24) is 14.9 Å². The van der Waals surface area contributed by atoms with Crippen LogP contribution in [0.25, 0.3) is 16.8 Å². The van der Waals surface area contributed by atoms with Gasteiger partial charge in [0.25, 0.3) is 5.56 Å². The molecule has 9 heteroatoms. The minimum absolute atomic E-state index is 0.0572. The number of amides is 1. The standard InChI is InChI=1S/C38H44N4O5/c1-5-9-34-33(24-26-12-14-27(15-13-26)31-10-7-8-11-32(31)36(39-25-43)41-46-4)37(44)42(35(6-2)40-34)28-16-18-29(19-17-28)47-30-20-22-38(3,45)23-21-30/h7-8,10-19,25,30,45H,5-6,9,20-24H2,1-4H3,(H,39,41,43). The van der Waals surface area contributed by atoms with Crippen molar-refractivity contribution >= 4 is 12.2 Å². The van der Waals surface area contributed by atoms with Crippen molar-refractivity contribution in [3.8, 4) is 22.6 Å². The van der Waals surface area contributed by atoms with E-state index < -0.39 is 5.60 Å². The maximum atomic E-state index is 14.3. The average Bonchev–Trinajstić information content (AvgIpc) is 3.08. The Morgan fingerprint density at radius 1 is 1.06 bits per heavy atom. The monoisotopic (exact) mass is 636 g/mol. The van der Waals surface area contributed by atoms with Gasteiger partial charge in [-0.15, -0.1) is 0 Å². The molecule has 1 saturated carbocycles. The predicted molar refractivity (Wildman–Crippen MR) is 184 cm³/mol. The van der Waals surface area contributed by atoms with Gasteiger partial charge in [-0.25, -0.2) is 4.98 Å². The summed E-state index contributed by atoms with van der Waals surface area (Å²) in [5, 5.41) is 16.9. The van der Waals surface area contributed by atoms with Crippen molar-refractivity contribution in [3.05, 3.63) is 111 Å². The summed E-state index contributed by atoms with van der Waals surface area (Å²) in [6, 6.07) is 23.4. The first kappa shape index (κ1) is 33.6. The molecule has 0 bridgehead atoms. The molecule has 246 valence electrons. The second-order valence-electron chi connectivity index (χ2n) is 12.3. The second kappa shape index (κ2) is 15.2. The molecular formula is C38H44N4O5. The molecule has 1 aromatic heterocycles. The Bertz CT molecular complexity index is 1750. The van der Waals surface area contributed by atoms with Crippen molar-refractivity contribution in [1.29, 1.82) is 0 Å². The number of carbonyl (C=O) groups excluding carboxylic acids is 1. The average molecular weight is 637 g/mol. The lowest BCUT2D eigenvalue weighted by atomic mass is 9.85. The Hall–Kier alpha value is -4.76. The highest BCUT2D eigenvalue weighted by atomic mass is 16.6. The van der Waals surface area contributed by atoms with E-state index in [2.05, 4.69) is 17.4 Å². The zero-order chi connectivity index (χ0) is 33.4. The Balaban J connectivity index is 1.43. The van der Waals surface area contributed by atoms with Crippen LogP contribution in [0.5, 0.6) is 5.75 Å². The van der Waals surface area contributed by atoms with Gasteiger partial charge in [0, 0.05) is 24.0 Å². The lowest BCUT2D eigenvalue weighted by molar-refractivity contribution is -0.108. The van der Waals surface area contributed by atoms with E-state index in [9.17, 15) is 14.7 Å². The van der Waals surface area contributed by atoms with Crippen LogP contribution in [0, 0.1) is 0 Å². The van der Waals surface area contributed by atoms with Gasteiger partial charge in [-0.05, 0) is 80.0 Å². The van der Waals surface area contributed by atoms with Crippen molar-refractivity contribution in [2.24, 2.45) is 5.16 Å². The molecule has 2 N–H and O–H groups in total. The van der Waals surface area contributed by atoms with E-state index in [0.717, 1.165) is 83.7 Å². The highest BCUT2D eigenvalue weighted by Crippen LogP contribution is 2.31. The topological polar surface area (TPSA) is 115 Å². The zero-order valence-electron chi connectivity index (χ0n) is 27.7. The van der Waals surface area contributed by atoms with Gasteiger partial charge in [0.05, 0.1) is 23.1 Å². The molecule has 1 aliphatic rings. The lowest BCUT2D eigenvalue weighted by Gasteiger charge is -2.33. The Labute approximate surface area is 276 Å². The largest absolute Gasteiger partial charge is 0.490 e. The quantitative estimate of drug-likeness (QED) is 0.0837. The summed E-state index contributed by atoms with van der Waals surface area (Å²) in [5.41, 5.74) is 5.16. The van der Waals surface area contributed by atoms with Gasteiger partial charge in [-0.3, -0.25) is 14.2 Å². The van der Waals surface area contributed by atoms with Gasteiger partial charge < -0.3 is 20.0 Å². The number of benzene rings is 3. The molecular weight excluding hydrogens is 592 g/mol. The molecule has 0 saturated heterocycles. The van der Waals surface area contributed by atoms with Crippen LogP contribution in [0.2, 0.25) is 0 Å². The number of nitrogens with zero attached hydrogens (tertiary/aromatic N) is 3. The minimum Gasteiger partial charge on any atom is -0.490 e. The van der Waals surface area contributed by atoms with Crippen molar-refractivity contribution < 1.29 is 19.5 Å². The Kier molecular flexibility index (Phi) is 10.9. The number of aliphatic hydroxyl groups is 1. The summed E-state index contributed by atoms with van der Waals surface area (Å²) in [6.45, 7) is 6.00. The molecule has 4 aromatic rings. The van der Waals surface area contributed by atoms with E-state index in [-0.39, 0.29) is 11.7 Å².